The first-order valence-electron chi connectivity index (χ1n) is 6.24. The molecular formula is C13H26O. The lowest BCUT2D eigenvalue weighted by atomic mass is 9.99. The van der Waals surface area contributed by atoms with Gasteiger partial charge in [0, 0.05) is 6.42 Å². The van der Waals surface area contributed by atoms with Crippen LogP contribution in [0.4, 0.5) is 0 Å². The lowest BCUT2D eigenvalue weighted by molar-refractivity contribution is -0.108. The van der Waals surface area contributed by atoms with E-state index in [0.29, 0.717) is 5.92 Å². The maximum atomic E-state index is 10.2. The van der Waals surface area contributed by atoms with Crippen molar-refractivity contribution in [2.45, 2.75) is 71.6 Å². The van der Waals surface area contributed by atoms with Crippen LogP contribution in [0.3, 0.4) is 0 Å². The maximum absolute atomic E-state index is 10.2. The third kappa shape index (κ3) is 9.76. The van der Waals surface area contributed by atoms with Crippen molar-refractivity contribution in [3.05, 3.63) is 0 Å². The van der Waals surface area contributed by atoms with Gasteiger partial charge in [-0.1, -0.05) is 65.2 Å². The summed E-state index contributed by atoms with van der Waals surface area (Å²) in [5, 5.41) is 0. The number of hydrogen-bond acceptors (Lipinski definition) is 1. The van der Waals surface area contributed by atoms with E-state index in [2.05, 4.69) is 13.8 Å². The van der Waals surface area contributed by atoms with Gasteiger partial charge in [-0.15, -0.1) is 0 Å². The molecule has 14 heavy (non-hydrogen) atoms. The number of aldehydes is 1. The Morgan fingerprint density at radius 1 is 1.00 bits per heavy atom. The average Bonchev–Trinajstić information content (AvgIpc) is 2.17. The first-order valence-corrected chi connectivity index (χ1v) is 6.24. The van der Waals surface area contributed by atoms with Crippen LogP contribution in [0.25, 0.3) is 0 Å². The van der Waals surface area contributed by atoms with Crippen LogP contribution in [0, 0.1) is 5.92 Å². The van der Waals surface area contributed by atoms with Gasteiger partial charge < -0.3 is 4.79 Å². The van der Waals surface area contributed by atoms with Crippen LogP contribution in [0.15, 0.2) is 0 Å². The van der Waals surface area contributed by atoms with Crippen LogP contribution < -0.4 is 0 Å². The second kappa shape index (κ2) is 10.7. The van der Waals surface area contributed by atoms with Crippen LogP contribution in [0.2, 0.25) is 0 Å². The highest BCUT2D eigenvalue weighted by Gasteiger charge is 2.00. The molecule has 0 bridgehead atoms. The van der Waals surface area contributed by atoms with Crippen LogP contribution >= 0.6 is 0 Å². The predicted molar refractivity (Wildman–Crippen MR) is 62.5 cm³/mol. The van der Waals surface area contributed by atoms with E-state index in [1.165, 1.54) is 51.4 Å². The molecule has 0 fully saturated rings. The van der Waals surface area contributed by atoms with Crippen molar-refractivity contribution in [1.82, 2.24) is 0 Å². The van der Waals surface area contributed by atoms with Crippen LogP contribution in [-0.2, 0) is 4.79 Å². The summed E-state index contributed by atoms with van der Waals surface area (Å²) in [6, 6.07) is 0. The normalized spacial score (nSPS) is 12.7. The van der Waals surface area contributed by atoms with Crippen LogP contribution in [0.1, 0.15) is 71.6 Å². The fraction of sp³-hybridized carbons (Fsp3) is 0.923. The molecule has 0 aromatic rings. The zero-order valence-electron chi connectivity index (χ0n) is 9.93. The Morgan fingerprint density at radius 3 is 2.14 bits per heavy atom. The number of unbranched alkanes of at least 4 members (excludes halogenated alkanes) is 6. The zero-order chi connectivity index (χ0) is 10.6. The molecule has 1 unspecified atom stereocenters. The van der Waals surface area contributed by atoms with Crippen molar-refractivity contribution in [1.29, 1.82) is 0 Å². The molecule has 1 heteroatoms. The third-order valence-electron chi connectivity index (χ3n) is 2.80. The molecule has 0 N–H and O–H groups in total. The van der Waals surface area contributed by atoms with E-state index in [0.717, 1.165) is 12.7 Å². The van der Waals surface area contributed by atoms with E-state index in [9.17, 15) is 4.79 Å². The zero-order valence-corrected chi connectivity index (χ0v) is 9.93. The minimum atomic E-state index is 0.600. The Morgan fingerprint density at radius 2 is 1.57 bits per heavy atom. The summed E-state index contributed by atoms with van der Waals surface area (Å²) in [6.07, 6.45) is 12.6. The van der Waals surface area contributed by atoms with Crippen molar-refractivity contribution in [2.24, 2.45) is 5.92 Å². The van der Waals surface area contributed by atoms with Gasteiger partial charge in [-0.05, 0) is 5.92 Å². The second-order valence-corrected chi connectivity index (χ2v) is 4.42. The quantitative estimate of drug-likeness (QED) is 0.377. The molecule has 0 aliphatic heterocycles. The molecule has 1 atom stereocenters. The minimum Gasteiger partial charge on any atom is -0.303 e. The van der Waals surface area contributed by atoms with E-state index >= 15 is 0 Å². The molecule has 1 nitrogen and oxygen atoms in total. The topological polar surface area (TPSA) is 17.1 Å². The minimum absolute atomic E-state index is 0.600. The van der Waals surface area contributed by atoms with E-state index < -0.39 is 0 Å². The van der Waals surface area contributed by atoms with Gasteiger partial charge in [0.15, 0.2) is 0 Å². The Hall–Kier alpha value is -0.330. The second-order valence-electron chi connectivity index (χ2n) is 4.42. The van der Waals surface area contributed by atoms with Gasteiger partial charge in [-0.25, -0.2) is 0 Å². The monoisotopic (exact) mass is 198 g/mol. The van der Waals surface area contributed by atoms with Gasteiger partial charge in [0.1, 0.15) is 6.29 Å². The number of hydrogen-bond donors (Lipinski definition) is 0. The summed E-state index contributed by atoms with van der Waals surface area (Å²) in [7, 11) is 0. The summed E-state index contributed by atoms with van der Waals surface area (Å²) in [5.41, 5.74) is 0. The van der Waals surface area contributed by atoms with Crippen molar-refractivity contribution >= 4 is 6.29 Å². The molecular weight excluding hydrogens is 172 g/mol. The first kappa shape index (κ1) is 13.7. The molecule has 0 rings (SSSR count). The number of carbonyl (C=O) groups is 1. The Balaban J connectivity index is 3.01. The molecule has 0 aromatic heterocycles. The Bertz CT molecular complexity index is 120. The summed E-state index contributed by atoms with van der Waals surface area (Å²) in [4.78, 5) is 10.2. The lowest BCUT2D eigenvalue weighted by Gasteiger charge is -2.06. The first-order chi connectivity index (χ1) is 6.81. The molecule has 0 heterocycles. The maximum Gasteiger partial charge on any atom is 0.120 e. The molecule has 0 amide bonds. The van der Waals surface area contributed by atoms with E-state index in [4.69, 9.17) is 0 Å². The molecule has 0 saturated carbocycles. The Labute approximate surface area is 89.3 Å². The number of carbonyl (C=O) groups excluding carboxylic acids is 1. The molecule has 84 valence electrons. The van der Waals surface area contributed by atoms with Gasteiger partial charge in [-0.3, -0.25) is 0 Å². The summed E-state index contributed by atoms with van der Waals surface area (Å²) in [5.74, 6) is 0.600. The van der Waals surface area contributed by atoms with Gasteiger partial charge in [0.25, 0.3) is 0 Å². The average molecular weight is 198 g/mol. The van der Waals surface area contributed by atoms with Gasteiger partial charge in [0.2, 0.25) is 0 Å². The largest absolute Gasteiger partial charge is 0.303 e. The summed E-state index contributed by atoms with van der Waals surface area (Å²) >= 11 is 0. The fourth-order valence-corrected chi connectivity index (χ4v) is 1.73. The van der Waals surface area contributed by atoms with Crippen molar-refractivity contribution < 1.29 is 4.79 Å². The molecule has 0 aromatic carbocycles. The fourth-order valence-electron chi connectivity index (χ4n) is 1.73. The molecule has 0 saturated heterocycles. The Kier molecular flexibility index (Phi) is 10.5. The van der Waals surface area contributed by atoms with E-state index in [1.807, 2.05) is 0 Å². The van der Waals surface area contributed by atoms with Gasteiger partial charge in [-0.2, -0.15) is 0 Å². The summed E-state index contributed by atoms with van der Waals surface area (Å²) in [6.45, 7) is 4.42. The van der Waals surface area contributed by atoms with Crippen molar-refractivity contribution in [2.75, 3.05) is 0 Å². The highest BCUT2D eigenvalue weighted by Crippen LogP contribution is 2.13. The highest BCUT2D eigenvalue weighted by atomic mass is 16.1. The standard InChI is InChI=1S/C13H26O/c1-3-4-5-6-7-8-9-10-13(2)11-12-14/h12-13H,3-11H2,1-2H3. The molecule has 0 aliphatic carbocycles. The van der Waals surface area contributed by atoms with Gasteiger partial charge in [0.05, 0.1) is 0 Å². The van der Waals surface area contributed by atoms with Crippen molar-refractivity contribution in [3.63, 3.8) is 0 Å². The molecule has 0 spiro atoms. The highest BCUT2D eigenvalue weighted by molar-refractivity contribution is 5.49. The third-order valence-corrected chi connectivity index (χ3v) is 2.80. The lowest BCUT2D eigenvalue weighted by Crippen LogP contribution is -1.95. The van der Waals surface area contributed by atoms with Crippen LogP contribution in [-0.4, -0.2) is 6.29 Å². The predicted octanol–water partition coefficient (Wildman–Crippen LogP) is 4.35. The van der Waals surface area contributed by atoms with E-state index in [1.54, 1.807) is 0 Å². The summed E-state index contributed by atoms with van der Waals surface area (Å²) < 4.78 is 0. The van der Waals surface area contributed by atoms with Crippen LogP contribution in [0.5, 0.6) is 0 Å². The molecule has 0 radical (unpaired) electrons. The van der Waals surface area contributed by atoms with Gasteiger partial charge >= 0.3 is 0 Å². The number of rotatable bonds is 10. The van der Waals surface area contributed by atoms with E-state index in [-0.39, 0.29) is 0 Å². The van der Waals surface area contributed by atoms with Crippen molar-refractivity contribution in [3.8, 4) is 0 Å². The molecule has 0 aliphatic rings. The smallest absolute Gasteiger partial charge is 0.120 e. The SMILES string of the molecule is CCCCCCCCCC(C)CC=O.